The van der Waals surface area contributed by atoms with Gasteiger partial charge >= 0.3 is 0 Å². The van der Waals surface area contributed by atoms with Crippen molar-refractivity contribution >= 4 is 22.4 Å². The van der Waals surface area contributed by atoms with Gasteiger partial charge in [-0.25, -0.2) is 13.8 Å². The lowest BCUT2D eigenvalue weighted by atomic mass is 10.2. The normalized spacial score (nSPS) is 23.1. The van der Waals surface area contributed by atoms with E-state index in [1.165, 1.54) is 41.9 Å². The molecule has 1 atom stereocenters. The third kappa shape index (κ3) is 5.67. The number of thiazole rings is 1. The molecule has 146 valence electrons. The van der Waals surface area contributed by atoms with Gasteiger partial charge in [-0.15, -0.1) is 11.3 Å². The van der Waals surface area contributed by atoms with E-state index in [0.29, 0.717) is 18.3 Å². The van der Waals surface area contributed by atoms with Gasteiger partial charge in [-0.3, -0.25) is 14.6 Å². The molecule has 26 heavy (non-hydrogen) atoms. The molecule has 0 bridgehead atoms. The van der Waals surface area contributed by atoms with Crippen LogP contribution in [0.4, 0.5) is 13.9 Å². The second kappa shape index (κ2) is 9.68. The number of halogens is 2. The van der Waals surface area contributed by atoms with E-state index < -0.39 is 19.0 Å². The van der Waals surface area contributed by atoms with Gasteiger partial charge in [0.25, 0.3) is 6.43 Å². The van der Waals surface area contributed by atoms with Crippen molar-refractivity contribution in [2.75, 3.05) is 44.7 Å². The minimum absolute atomic E-state index is 0.130. The van der Waals surface area contributed by atoms with Crippen LogP contribution in [0, 0.1) is 0 Å². The molecular weight excluding hydrogens is 362 g/mol. The molecule has 1 amide bonds. The summed E-state index contributed by atoms with van der Waals surface area (Å²) in [5.41, 5.74) is 0.941. The first-order valence-electron chi connectivity index (χ1n) is 9.19. The van der Waals surface area contributed by atoms with Crippen molar-refractivity contribution in [3.63, 3.8) is 0 Å². The minimum atomic E-state index is -2.47. The number of alkyl halides is 2. The molecule has 0 radical (unpaired) electrons. The summed E-state index contributed by atoms with van der Waals surface area (Å²) in [7, 11) is 0. The zero-order valence-corrected chi connectivity index (χ0v) is 15.6. The van der Waals surface area contributed by atoms with Gasteiger partial charge in [0.15, 0.2) is 5.13 Å². The van der Waals surface area contributed by atoms with E-state index in [2.05, 4.69) is 15.2 Å². The van der Waals surface area contributed by atoms with Crippen molar-refractivity contribution in [3.05, 3.63) is 11.1 Å². The first-order valence-corrected chi connectivity index (χ1v) is 10.1. The molecule has 2 aliphatic rings. The third-order valence-electron chi connectivity index (χ3n) is 4.78. The average Bonchev–Trinajstić information content (AvgIpc) is 2.88. The van der Waals surface area contributed by atoms with Crippen LogP contribution >= 0.6 is 11.3 Å². The first-order chi connectivity index (χ1) is 12.6. The number of ether oxygens (including phenoxy) is 1. The highest BCUT2D eigenvalue weighted by Crippen LogP contribution is 2.20. The number of nitrogens with zero attached hydrogens (tertiary/aromatic N) is 3. The minimum Gasteiger partial charge on any atom is -0.378 e. The largest absolute Gasteiger partial charge is 0.378 e. The predicted molar refractivity (Wildman–Crippen MR) is 96.7 cm³/mol. The fourth-order valence-corrected chi connectivity index (χ4v) is 4.13. The molecule has 6 nitrogen and oxygen atoms in total. The molecule has 1 N–H and O–H groups in total. The molecule has 0 aliphatic carbocycles. The van der Waals surface area contributed by atoms with Gasteiger partial charge in [0.2, 0.25) is 5.91 Å². The van der Waals surface area contributed by atoms with Crippen molar-refractivity contribution < 1.29 is 18.3 Å². The Balaban J connectivity index is 1.54. The molecule has 2 fully saturated rings. The molecule has 0 spiro atoms. The molecule has 3 heterocycles. The van der Waals surface area contributed by atoms with E-state index in [9.17, 15) is 13.6 Å². The van der Waals surface area contributed by atoms with Crippen LogP contribution in [0.1, 0.15) is 31.4 Å². The lowest BCUT2D eigenvalue weighted by Crippen LogP contribution is -2.53. The van der Waals surface area contributed by atoms with E-state index >= 15 is 0 Å². The summed E-state index contributed by atoms with van der Waals surface area (Å²) >= 11 is 1.37. The first kappa shape index (κ1) is 19.6. The summed E-state index contributed by atoms with van der Waals surface area (Å²) in [4.78, 5) is 20.9. The number of nitrogens with one attached hydrogen (secondary N) is 1. The van der Waals surface area contributed by atoms with E-state index in [4.69, 9.17) is 4.74 Å². The van der Waals surface area contributed by atoms with Gasteiger partial charge in [0.1, 0.15) is 6.04 Å². The molecule has 3 rings (SSSR count). The second-order valence-corrected chi connectivity index (χ2v) is 7.66. The third-order valence-corrected chi connectivity index (χ3v) is 5.59. The SMILES string of the molecule is O=C(Nc1nc(CN2CCCCCC2)cs1)C1COCCN1CC(F)F. The zero-order valence-electron chi connectivity index (χ0n) is 14.8. The second-order valence-electron chi connectivity index (χ2n) is 6.80. The number of aromatic nitrogens is 1. The Morgan fingerprint density at radius 2 is 2.08 bits per heavy atom. The lowest BCUT2D eigenvalue weighted by Gasteiger charge is -2.33. The summed E-state index contributed by atoms with van der Waals surface area (Å²) in [6.07, 6.45) is 2.54. The van der Waals surface area contributed by atoms with Crippen molar-refractivity contribution in [1.82, 2.24) is 14.8 Å². The van der Waals surface area contributed by atoms with E-state index in [1.807, 2.05) is 5.38 Å². The number of rotatable bonds is 6. The van der Waals surface area contributed by atoms with E-state index in [-0.39, 0.29) is 12.5 Å². The Morgan fingerprint density at radius 1 is 1.31 bits per heavy atom. The quantitative estimate of drug-likeness (QED) is 0.811. The fraction of sp³-hybridized carbons (Fsp3) is 0.765. The number of amides is 1. The molecule has 1 unspecified atom stereocenters. The van der Waals surface area contributed by atoms with Crippen LogP contribution in [-0.2, 0) is 16.1 Å². The van der Waals surface area contributed by atoms with Crippen molar-refractivity contribution in [1.29, 1.82) is 0 Å². The maximum Gasteiger partial charge on any atom is 0.251 e. The van der Waals surface area contributed by atoms with Crippen LogP contribution in [0.5, 0.6) is 0 Å². The maximum absolute atomic E-state index is 12.7. The van der Waals surface area contributed by atoms with Crippen LogP contribution in [0.25, 0.3) is 0 Å². The molecule has 1 aromatic heterocycles. The number of hydrogen-bond acceptors (Lipinski definition) is 6. The van der Waals surface area contributed by atoms with Crippen LogP contribution in [0.2, 0.25) is 0 Å². The van der Waals surface area contributed by atoms with Crippen molar-refractivity contribution in [3.8, 4) is 0 Å². The van der Waals surface area contributed by atoms with Gasteiger partial charge in [-0.2, -0.15) is 0 Å². The van der Waals surface area contributed by atoms with Crippen LogP contribution in [-0.4, -0.2) is 72.6 Å². The Bertz CT molecular complexity index is 579. The Morgan fingerprint density at radius 3 is 2.81 bits per heavy atom. The highest BCUT2D eigenvalue weighted by molar-refractivity contribution is 7.13. The van der Waals surface area contributed by atoms with E-state index in [1.54, 1.807) is 0 Å². The fourth-order valence-electron chi connectivity index (χ4n) is 3.42. The number of carbonyl (C=O) groups is 1. The lowest BCUT2D eigenvalue weighted by molar-refractivity contribution is -0.128. The van der Waals surface area contributed by atoms with Crippen LogP contribution in [0.15, 0.2) is 5.38 Å². The summed E-state index contributed by atoms with van der Waals surface area (Å²) in [5, 5.41) is 5.24. The number of anilines is 1. The Hall–Kier alpha value is -1.16. The van der Waals surface area contributed by atoms with Crippen molar-refractivity contribution in [2.45, 2.75) is 44.7 Å². The van der Waals surface area contributed by atoms with Crippen molar-refractivity contribution in [2.24, 2.45) is 0 Å². The monoisotopic (exact) mass is 388 g/mol. The smallest absolute Gasteiger partial charge is 0.251 e. The summed E-state index contributed by atoms with van der Waals surface area (Å²) in [6, 6.07) is -0.698. The molecular formula is C17H26F2N4O2S. The number of carbonyl (C=O) groups excluding carboxylic acids is 1. The topological polar surface area (TPSA) is 57.7 Å². The van der Waals surface area contributed by atoms with Gasteiger partial charge < -0.3 is 10.1 Å². The number of hydrogen-bond donors (Lipinski definition) is 1. The maximum atomic E-state index is 12.7. The van der Waals surface area contributed by atoms with E-state index in [0.717, 1.165) is 25.3 Å². The van der Waals surface area contributed by atoms with Gasteiger partial charge in [0, 0.05) is 18.5 Å². The van der Waals surface area contributed by atoms with Gasteiger partial charge in [-0.05, 0) is 25.9 Å². The Labute approximate surface area is 156 Å². The van der Waals surface area contributed by atoms with Gasteiger partial charge in [-0.1, -0.05) is 12.8 Å². The number of morpholine rings is 1. The summed E-state index contributed by atoms with van der Waals surface area (Å²) in [6.45, 7) is 3.37. The molecule has 1 aromatic rings. The van der Waals surface area contributed by atoms with Crippen LogP contribution in [0.3, 0.4) is 0 Å². The molecule has 9 heteroatoms. The standard InChI is InChI=1S/C17H26F2N4O2S/c18-15(19)10-23-7-8-25-11-14(23)16(24)21-17-20-13(12-26-17)9-22-5-3-1-2-4-6-22/h12,14-15H,1-11H2,(H,20,21,24). The average molecular weight is 388 g/mol. The summed E-state index contributed by atoms with van der Waals surface area (Å²) < 4.78 is 30.7. The summed E-state index contributed by atoms with van der Waals surface area (Å²) in [5.74, 6) is -0.332. The molecule has 2 aliphatic heterocycles. The van der Waals surface area contributed by atoms with Crippen LogP contribution < -0.4 is 5.32 Å². The molecule has 2 saturated heterocycles. The molecule has 0 saturated carbocycles. The molecule has 0 aromatic carbocycles. The predicted octanol–water partition coefficient (Wildman–Crippen LogP) is 2.42. The highest BCUT2D eigenvalue weighted by atomic mass is 32.1. The number of likely N-dealkylation sites (tertiary alicyclic amines) is 1. The van der Waals surface area contributed by atoms with Gasteiger partial charge in [0.05, 0.1) is 25.5 Å². The zero-order chi connectivity index (χ0) is 18.4. The Kier molecular flexibility index (Phi) is 7.30. The highest BCUT2D eigenvalue weighted by Gasteiger charge is 2.31.